The minimum absolute atomic E-state index is 0.180. The van der Waals surface area contributed by atoms with Gasteiger partial charge in [0.25, 0.3) is 0 Å². The minimum Gasteiger partial charge on any atom is -0.492 e. The number of aromatic nitrogens is 2. The molecule has 0 aliphatic rings. The average Bonchev–Trinajstić information content (AvgIpc) is 3.10. The highest BCUT2D eigenvalue weighted by atomic mass is 32.1. The van der Waals surface area contributed by atoms with Gasteiger partial charge in [0.1, 0.15) is 17.9 Å². The summed E-state index contributed by atoms with van der Waals surface area (Å²) in [6, 6.07) is 10.0. The number of benzene rings is 1. The molecular formula is C21H23N3O3S. The van der Waals surface area contributed by atoms with Crippen molar-refractivity contribution in [3.63, 3.8) is 0 Å². The third kappa shape index (κ3) is 4.67. The van der Waals surface area contributed by atoms with Gasteiger partial charge in [0.2, 0.25) is 0 Å². The first-order chi connectivity index (χ1) is 13.5. The van der Waals surface area contributed by atoms with Crippen LogP contribution in [0.5, 0.6) is 5.75 Å². The normalized spacial score (nSPS) is 10.7. The molecule has 0 saturated carbocycles. The predicted octanol–water partition coefficient (Wildman–Crippen LogP) is 4.57. The molecular weight excluding hydrogens is 374 g/mol. The fourth-order valence-electron chi connectivity index (χ4n) is 2.79. The first kappa shape index (κ1) is 19.8. The van der Waals surface area contributed by atoms with Crippen molar-refractivity contribution in [1.29, 1.82) is 0 Å². The number of carboxylic acid groups (broad SMARTS) is 1. The van der Waals surface area contributed by atoms with Crippen LogP contribution in [-0.2, 0) is 6.42 Å². The van der Waals surface area contributed by atoms with E-state index < -0.39 is 5.97 Å². The van der Waals surface area contributed by atoms with E-state index in [1.807, 2.05) is 13.0 Å². The maximum absolute atomic E-state index is 11.4. The fourth-order valence-corrected chi connectivity index (χ4v) is 3.70. The van der Waals surface area contributed by atoms with Gasteiger partial charge in [-0.15, -0.1) is 11.3 Å². The van der Waals surface area contributed by atoms with E-state index in [1.165, 1.54) is 23.0 Å². The summed E-state index contributed by atoms with van der Waals surface area (Å²) in [6.45, 7) is 7.20. The third-order valence-corrected chi connectivity index (χ3v) is 5.53. The molecule has 2 N–H and O–H groups in total. The highest BCUT2D eigenvalue weighted by molar-refractivity contribution is 7.17. The SMILES string of the molecule is CCOc1cc(-c2cc(NCCc3ccc(C)c(C)c3)ncn2)sc1C(=O)O. The van der Waals surface area contributed by atoms with Crippen LogP contribution in [0.25, 0.3) is 10.6 Å². The Labute approximate surface area is 168 Å². The molecule has 3 aromatic rings. The van der Waals surface area contributed by atoms with E-state index in [-0.39, 0.29) is 4.88 Å². The molecule has 1 aromatic carbocycles. The maximum atomic E-state index is 11.4. The first-order valence-electron chi connectivity index (χ1n) is 9.10. The minimum atomic E-state index is -1.000. The van der Waals surface area contributed by atoms with Crippen LogP contribution < -0.4 is 10.1 Å². The summed E-state index contributed by atoms with van der Waals surface area (Å²) in [6.07, 6.45) is 2.37. The maximum Gasteiger partial charge on any atom is 0.349 e. The quantitative estimate of drug-likeness (QED) is 0.579. The molecule has 0 fully saturated rings. The van der Waals surface area contributed by atoms with Crippen molar-refractivity contribution in [3.05, 3.63) is 58.2 Å². The molecule has 3 rings (SSSR count). The second-order valence-corrected chi connectivity index (χ2v) is 7.48. The summed E-state index contributed by atoms with van der Waals surface area (Å²) in [4.78, 5) is 20.9. The number of aryl methyl sites for hydroxylation is 2. The zero-order valence-electron chi connectivity index (χ0n) is 16.2. The summed E-state index contributed by atoms with van der Waals surface area (Å²) in [5, 5.41) is 12.7. The van der Waals surface area contributed by atoms with Crippen molar-refractivity contribution >= 4 is 23.1 Å². The van der Waals surface area contributed by atoms with E-state index >= 15 is 0 Å². The standard InChI is InChI=1S/C21H23N3O3S/c1-4-27-17-11-18(28-20(17)21(25)26)16-10-19(24-12-23-16)22-8-7-15-6-5-13(2)14(3)9-15/h5-6,9-12H,4,7-8H2,1-3H3,(H,25,26)(H,22,23,24). The number of thiophene rings is 1. The van der Waals surface area contributed by atoms with Crippen LogP contribution in [0, 0.1) is 13.8 Å². The summed E-state index contributed by atoms with van der Waals surface area (Å²) >= 11 is 1.15. The molecule has 0 amide bonds. The highest BCUT2D eigenvalue weighted by Gasteiger charge is 2.18. The predicted molar refractivity (Wildman–Crippen MR) is 112 cm³/mol. The Morgan fingerprint density at radius 3 is 2.71 bits per heavy atom. The van der Waals surface area contributed by atoms with Gasteiger partial charge in [0, 0.05) is 18.7 Å². The number of nitrogens with one attached hydrogen (secondary N) is 1. The number of rotatable bonds is 8. The monoisotopic (exact) mass is 397 g/mol. The van der Waals surface area contributed by atoms with E-state index in [0.29, 0.717) is 23.9 Å². The number of aromatic carboxylic acids is 1. The molecule has 2 heterocycles. The molecule has 0 aliphatic carbocycles. The lowest BCUT2D eigenvalue weighted by Gasteiger charge is -2.08. The van der Waals surface area contributed by atoms with E-state index in [0.717, 1.165) is 29.2 Å². The van der Waals surface area contributed by atoms with Crippen molar-refractivity contribution in [3.8, 4) is 16.3 Å². The first-order valence-corrected chi connectivity index (χ1v) is 9.92. The highest BCUT2D eigenvalue weighted by Crippen LogP contribution is 2.36. The topological polar surface area (TPSA) is 84.3 Å². The lowest BCUT2D eigenvalue weighted by molar-refractivity contribution is 0.0698. The van der Waals surface area contributed by atoms with Crippen LogP contribution in [0.15, 0.2) is 36.7 Å². The van der Waals surface area contributed by atoms with E-state index in [2.05, 4.69) is 47.3 Å². The van der Waals surface area contributed by atoms with E-state index in [9.17, 15) is 9.90 Å². The average molecular weight is 398 g/mol. The van der Waals surface area contributed by atoms with Crippen molar-refractivity contribution < 1.29 is 14.6 Å². The molecule has 0 radical (unpaired) electrons. The van der Waals surface area contributed by atoms with Gasteiger partial charge in [-0.3, -0.25) is 0 Å². The molecule has 0 spiro atoms. The molecule has 0 aliphatic heterocycles. The van der Waals surface area contributed by atoms with E-state index in [4.69, 9.17) is 4.74 Å². The number of hydrogen-bond donors (Lipinski definition) is 2. The van der Waals surface area contributed by atoms with Gasteiger partial charge in [-0.05, 0) is 43.9 Å². The van der Waals surface area contributed by atoms with Gasteiger partial charge in [0.15, 0.2) is 4.88 Å². The molecule has 7 heteroatoms. The zero-order chi connectivity index (χ0) is 20.1. The number of nitrogens with zero attached hydrogens (tertiary/aromatic N) is 2. The Bertz CT molecular complexity index is 985. The van der Waals surface area contributed by atoms with Crippen LogP contribution in [-0.4, -0.2) is 34.2 Å². The molecule has 0 unspecified atom stereocenters. The van der Waals surface area contributed by atoms with Gasteiger partial charge >= 0.3 is 5.97 Å². The second kappa shape index (κ2) is 8.84. The summed E-state index contributed by atoms with van der Waals surface area (Å²) < 4.78 is 5.43. The van der Waals surface area contributed by atoms with Crippen molar-refractivity contribution in [2.24, 2.45) is 0 Å². The largest absolute Gasteiger partial charge is 0.492 e. The summed E-state index contributed by atoms with van der Waals surface area (Å²) in [5.41, 5.74) is 4.52. The van der Waals surface area contributed by atoms with Crippen LogP contribution in [0.3, 0.4) is 0 Å². The Hall–Kier alpha value is -2.93. The van der Waals surface area contributed by atoms with Gasteiger partial charge in [-0.25, -0.2) is 14.8 Å². The van der Waals surface area contributed by atoms with Crippen molar-refractivity contribution in [1.82, 2.24) is 9.97 Å². The molecule has 2 aromatic heterocycles. The smallest absolute Gasteiger partial charge is 0.349 e. The van der Waals surface area contributed by atoms with Gasteiger partial charge in [0.05, 0.1) is 17.2 Å². The fraction of sp³-hybridized carbons (Fsp3) is 0.286. The Kier molecular flexibility index (Phi) is 6.26. The number of carbonyl (C=O) groups is 1. The number of hydrogen-bond acceptors (Lipinski definition) is 6. The van der Waals surface area contributed by atoms with Gasteiger partial charge in [-0.2, -0.15) is 0 Å². The number of ether oxygens (including phenoxy) is 1. The molecule has 28 heavy (non-hydrogen) atoms. The zero-order valence-corrected chi connectivity index (χ0v) is 17.0. The van der Waals surface area contributed by atoms with Crippen molar-refractivity contribution in [2.45, 2.75) is 27.2 Å². The van der Waals surface area contributed by atoms with Crippen LogP contribution >= 0.6 is 11.3 Å². The summed E-state index contributed by atoms with van der Waals surface area (Å²) in [7, 11) is 0. The molecule has 146 valence electrons. The van der Waals surface area contributed by atoms with Crippen LogP contribution in [0.2, 0.25) is 0 Å². The molecule has 0 atom stereocenters. The summed E-state index contributed by atoms with van der Waals surface area (Å²) in [5.74, 6) is 0.0791. The molecule has 0 saturated heterocycles. The van der Waals surface area contributed by atoms with Crippen molar-refractivity contribution in [2.75, 3.05) is 18.5 Å². The van der Waals surface area contributed by atoms with E-state index in [1.54, 1.807) is 6.07 Å². The second-order valence-electron chi connectivity index (χ2n) is 6.43. The molecule has 6 nitrogen and oxygen atoms in total. The number of carboxylic acids is 1. The lowest BCUT2D eigenvalue weighted by atomic mass is 10.0. The van der Waals surface area contributed by atoms with Gasteiger partial charge in [-0.1, -0.05) is 18.2 Å². The Balaban J connectivity index is 1.71. The van der Waals surface area contributed by atoms with Gasteiger partial charge < -0.3 is 15.2 Å². The van der Waals surface area contributed by atoms with Crippen LogP contribution in [0.4, 0.5) is 5.82 Å². The lowest BCUT2D eigenvalue weighted by Crippen LogP contribution is -2.07. The Morgan fingerprint density at radius 1 is 1.18 bits per heavy atom. The Morgan fingerprint density at radius 2 is 2.00 bits per heavy atom. The molecule has 0 bridgehead atoms. The van der Waals surface area contributed by atoms with Crippen LogP contribution in [0.1, 0.15) is 33.3 Å². The number of anilines is 1. The third-order valence-electron chi connectivity index (χ3n) is 4.40.